The number of benzene rings is 1. The fourth-order valence-electron chi connectivity index (χ4n) is 4.73. The van der Waals surface area contributed by atoms with Gasteiger partial charge in [0.25, 0.3) is 0 Å². The van der Waals surface area contributed by atoms with Gasteiger partial charge in [-0.25, -0.2) is 14.6 Å². The molecule has 1 aliphatic carbocycles. The van der Waals surface area contributed by atoms with E-state index in [1.54, 1.807) is 11.0 Å². The Morgan fingerprint density at radius 2 is 1.97 bits per heavy atom. The largest absolute Gasteiger partial charge is 0.477 e. The van der Waals surface area contributed by atoms with Crippen molar-refractivity contribution in [2.24, 2.45) is 5.73 Å². The molecule has 3 N–H and O–H groups in total. The third kappa shape index (κ3) is 4.49. The zero-order chi connectivity index (χ0) is 21.3. The number of rotatable bonds is 5. The number of halogens is 2. The van der Waals surface area contributed by atoms with E-state index in [4.69, 9.17) is 22.4 Å². The van der Waals surface area contributed by atoms with Gasteiger partial charge in [-0.05, 0) is 55.5 Å². The van der Waals surface area contributed by atoms with Gasteiger partial charge in [0.15, 0.2) is 0 Å². The first-order chi connectivity index (χ1) is 14.4. The number of aromatic nitrogens is 1. The summed E-state index contributed by atoms with van der Waals surface area (Å²) in [5.74, 6) is -1.10. The van der Waals surface area contributed by atoms with Gasteiger partial charge in [0.2, 0.25) is 0 Å². The van der Waals surface area contributed by atoms with E-state index in [0.717, 1.165) is 25.7 Å². The lowest BCUT2D eigenvalue weighted by Gasteiger charge is -2.42. The molecule has 0 radical (unpaired) electrons. The normalized spacial score (nSPS) is 23.5. The minimum absolute atomic E-state index is 0. The van der Waals surface area contributed by atoms with Crippen molar-refractivity contribution in [2.45, 2.75) is 37.1 Å². The average Bonchev–Trinajstić information content (AvgIpc) is 3.15. The second kappa shape index (κ2) is 9.42. The van der Waals surface area contributed by atoms with Gasteiger partial charge in [-0.2, -0.15) is 0 Å². The Balaban J connectivity index is 0.00000272. The zero-order valence-corrected chi connectivity index (χ0v) is 18.6. The fourth-order valence-corrected chi connectivity index (χ4v) is 4.92. The van der Waals surface area contributed by atoms with Crippen LogP contribution < -0.4 is 10.6 Å². The lowest BCUT2D eigenvalue weighted by atomic mass is 9.68. The molecule has 9 heteroatoms. The number of carboxylic acid groups (broad SMARTS) is 1. The Morgan fingerprint density at radius 1 is 1.23 bits per heavy atom. The van der Waals surface area contributed by atoms with Crippen LogP contribution in [0.5, 0.6) is 0 Å². The predicted molar refractivity (Wildman–Crippen MR) is 122 cm³/mol. The van der Waals surface area contributed by atoms with Crippen LogP contribution in [0.25, 0.3) is 0 Å². The van der Waals surface area contributed by atoms with Crippen molar-refractivity contribution in [3.05, 3.63) is 58.9 Å². The summed E-state index contributed by atoms with van der Waals surface area (Å²) in [6.07, 6.45) is 4.98. The number of aromatic carboxylic acids is 1. The van der Waals surface area contributed by atoms with Gasteiger partial charge in [-0.3, -0.25) is 4.90 Å². The van der Waals surface area contributed by atoms with Crippen LogP contribution in [0.1, 0.15) is 41.7 Å². The number of carbonyl (C=O) groups is 2. The highest BCUT2D eigenvalue weighted by molar-refractivity contribution is 6.30. The van der Waals surface area contributed by atoms with Gasteiger partial charge in [0.1, 0.15) is 5.69 Å². The standard InChI is InChI=1S/C22H25ClN4O3.ClH/c23-16-3-1-2-15(12-16)22(14-24)7-4-17(5-8-22)26-10-11-27(21(26)30)18-6-9-25-19(13-18)20(28)29;/h1-3,6,9,12-13,17H,4-5,7-8,10-11,14,24H2,(H,28,29);1H. The van der Waals surface area contributed by atoms with Gasteiger partial charge in [0.05, 0.1) is 0 Å². The summed E-state index contributed by atoms with van der Waals surface area (Å²) in [4.78, 5) is 31.7. The maximum absolute atomic E-state index is 13.1. The van der Waals surface area contributed by atoms with E-state index in [1.165, 1.54) is 17.8 Å². The van der Waals surface area contributed by atoms with Gasteiger partial charge in [-0.1, -0.05) is 23.7 Å². The third-order valence-electron chi connectivity index (χ3n) is 6.50. The molecule has 1 aromatic carbocycles. The Hall–Kier alpha value is -2.35. The zero-order valence-electron chi connectivity index (χ0n) is 17.0. The Labute approximate surface area is 192 Å². The molecule has 1 aromatic heterocycles. The number of anilines is 1. The van der Waals surface area contributed by atoms with E-state index in [1.807, 2.05) is 23.1 Å². The number of nitrogens with two attached hydrogens (primary N) is 1. The van der Waals surface area contributed by atoms with Crippen LogP contribution >= 0.6 is 24.0 Å². The summed E-state index contributed by atoms with van der Waals surface area (Å²) in [6.45, 7) is 1.71. The highest BCUT2D eigenvalue weighted by Gasteiger charge is 2.41. The summed E-state index contributed by atoms with van der Waals surface area (Å²) in [5, 5.41) is 9.88. The smallest absolute Gasteiger partial charge is 0.354 e. The molecule has 2 heterocycles. The van der Waals surface area contributed by atoms with Crippen LogP contribution in [0.2, 0.25) is 5.02 Å². The number of carbonyl (C=O) groups excluding carboxylic acids is 1. The topological polar surface area (TPSA) is 99.8 Å². The molecule has 0 bridgehead atoms. The minimum Gasteiger partial charge on any atom is -0.477 e. The summed E-state index contributed by atoms with van der Waals surface area (Å²) < 4.78 is 0. The van der Waals surface area contributed by atoms with Crippen LogP contribution in [0.4, 0.5) is 10.5 Å². The first-order valence-electron chi connectivity index (χ1n) is 10.2. The molecule has 2 fully saturated rings. The summed E-state index contributed by atoms with van der Waals surface area (Å²) >= 11 is 6.20. The number of nitrogens with zero attached hydrogens (tertiary/aromatic N) is 3. The molecule has 2 aliphatic rings. The number of amides is 2. The van der Waals surface area contributed by atoms with Crippen molar-refractivity contribution < 1.29 is 14.7 Å². The van der Waals surface area contributed by atoms with Crippen molar-refractivity contribution in [3.63, 3.8) is 0 Å². The molecular weight excluding hydrogens is 439 g/mol. The van der Waals surface area contributed by atoms with Crippen LogP contribution in [0, 0.1) is 0 Å². The van der Waals surface area contributed by atoms with Gasteiger partial charge in [-0.15, -0.1) is 12.4 Å². The van der Waals surface area contributed by atoms with Crippen molar-refractivity contribution in [1.29, 1.82) is 0 Å². The maximum atomic E-state index is 13.1. The monoisotopic (exact) mass is 464 g/mol. The molecule has 166 valence electrons. The molecule has 1 aliphatic heterocycles. The van der Waals surface area contributed by atoms with Crippen molar-refractivity contribution >= 4 is 41.7 Å². The number of hydrogen-bond acceptors (Lipinski definition) is 4. The molecule has 2 aromatic rings. The first kappa shape index (κ1) is 23.3. The van der Waals surface area contributed by atoms with Crippen molar-refractivity contribution in [3.8, 4) is 0 Å². The minimum atomic E-state index is -1.10. The number of carboxylic acids is 1. The Morgan fingerprint density at radius 3 is 2.61 bits per heavy atom. The summed E-state index contributed by atoms with van der Waals surface area (Å²) in [5.41, 5.74) is 7.77. The summed E-state index contributed by atoms with van der Waals surface area (Å²) in [7, 11) is 0. The highest BCUT2D eigenvalue weighted by atomic mass is 35.5. The number of hydrogen-bond donors (Lipinski definition) is 2. The third-order valence-corrected chi connectivity index (χ3v) is 6.73. The molecule has 4 rings (SSSR count). The molecule has 1 saturated heterocycles. The lowest BCUT2D eigenvalue weighted by Crippen LogP contribution is -2.46. The van der Waals surface area contributed by atoms with Crippen LogP contribution in [-0.4, -0.2) is 52.7 Å². The predicted octanol–water partition coefficient (Wildman–Crippen LogP) is 3.94. The van der Waals surface area contributed by atoms with Gasteiger partial charge >= 0.3 is 12.0 Å². The molecule has 0 atom stereocenters. The van der Waals surface area contributed by atoms with E-state index in [0.29, 0.717) is 30.3 Å². The number of pyridine rings is 1. The van der Waals surface area contributed by atoms with Crippen LogP contribution in [0.15, 0.2) is 42.6 Å². The summed E-state index contributed by atoms with van der Waals surface area (Å²) in [6, 6.07) is 11.1. The highest BCUT2D eigenvalue weighted by Crippen LogP contribution is 2.41. The maximum Gasteiger partial charge on any atom is 0.354 e. The molecular formula is C22H26Cl2N4O3. The second-order valence-electron chi connectivity index (χ2n) is 8.06. The van der Waals surface area contributed by atoms with E-state index in [-0.39, 0.29) is 35.6 Å². The van der Waals surface area contributed by atoms with Gasteiger partial charge in [0, 0.05) is 48.0 Å². The molecule has 31 heavy (non-hydrogen) atoms. The molecule has 0 unspecified atom stereocenters. The van der Waals surface area contributed by atoms with Gasteiger partial charge < -0.3 is 15.7 Å². The average molecular weight is 465 g/mol. The van der Waals surface area contributed by atoms with E-state index < -0.39 is 5.97 Å². The molecule has 7 nitrogen and oxygen atoms in total. The number of urea groups is 1. The van der Waals surface area contributed by atoms with E-state index in [9.17, 15) is 9.59 Å². The molecule has 2 amide bonds. The lowest BCUT2D eigenvalue weighted by molar-refractivity contribution is 0.0690. The van der Waals surface area contributed by atoms with Crippen LogP contribution in [0.3, 0.4) is 0 Å². The Kier molecular flexibility index (Phi) is 7.09. The van der Waals surface area contributed by atoms with Crippen molar-refractivity contribution in [1.82, 2.24) is 9.88 Å². The Bertz CT molecular complexity index is 963. The van der Waals surface area contributed by atoms with E-state index in [2.05, 4.69) is 11.1 Å². The first-order valence-corrected chi connectivity index (χ1v) is 10.5. The van der Waals surface area contributed by atoms with Crippen LogP contribution in [-0.2, 0) is 5.41 Å². The van der Waals surface area contributed by atoms with Crippen molar-refractivity contribution in [2.75, 3.05) is 24.5 Å². The quantitative estimate of drug-likeness (QED) is 0.697. The molecule has 0 spiro atoms. The molecule has 1 saturated carbocycles. The second-order valence-corrected chi connectivity index (χ2v) is 8.49. The van der Waals surface area contributed by atoms with E-state index >= 15 is 0 Å². The fraction of sp³-hybridized carbons (Fsp3) is 0.409. The SMILES string of the molecule is Cl.NCC1(c2cccc(Cl)c2)CCC(N2CCN(c3ccnc(C(=O)O)c3)C2=O)CC1.